The summed E-state index contributed by atoms with van der Waals surface area (Å²) in [6, 6.07) is 0. The summed E-state index contributed by atoms with van der Waals surface area (Å²) >= 11 is 1.37. The van der Waals surface area contributed by atoms with Gasteiger partial charge >= 0.3 is 0 Å². The maximum absolute atomic E-state index is 13.6. The average molecular weight is 300 g/mol. The minimum absolute atomic E-state index is 0.0621. The molecule has 9 heteroatoms. The van der Waals surface area contributed by atoms with Gasteiger partial charge in [-0.2, -0.15) is 4.52 Å². The first-order chi connectivity index (χ1) is 9.50. The van der Waals surface area contributed by atoms with Crippen molar-refractivity contribution in [2.45, 2.75) is 42.5 Å². The Hall–Kier alpha value is -1.51. The van der Waals surface area contributed by atoms with Crippen molar-refractivity contribution in [3.05, 3.63) is 5.82 Å². The number of anilines is 1. The molecule has 0 aliphatic heterocycles. The van der Waals surface area contributed by atoms with E-state index in [9.17, 15) is 8.78 Å². The smallest absolute Gasteiger partial charge is 0.248 e. The molecule has 2 heterocycles. The van der Waals surface area contributed by atoms with E-state index in [0.717, 1.165) is 0 Å². The van der Waals surface area contributed by atoms with Gasteiger partial charge in [0.05, 0.1) is 0 Å². The van der Waals surface area contributed by atoms with Crippen LogP contribution in [0.1, 0.15) is 37.4 Å². The number of hydrogen-bond acceptors (Lipinski definition) is 6. The molecule has 20 heavy (non-hydrogen) atoms. The zero-order valence-electron chi connectivity index (χ0n) is 10.9. The van der Waals surface area contributed by atoms with Crippen LogP contribution in [0.5, 0.6) is 0 Å². The number of rotatable bonds is 2. The number of nitrogens with two attached hydrogens (primary N) is 1. The molecule has 1 aliphatic carbocycles. The van der Waals surface area contributed by atoms with E-state index in [-0.39, 0.29) is 24.7 Å². The number of hydrogen-bond donors (Lipinski definition) is 1. The minimum atomic E-state index is -2.64. The van der Waals surface area contributed by atoms with Crippen LogP contribution in [0.4, 0.5) is 14.7 Å². The first-order valence-corrected chi connectivity index (χ1v) is 7.53. The second kappa shape index (κ2) is 4.80. The summed E-state index contributed by atoms with van der Waals surface area (Å²) in [7, 11) is 0. The van der Waals surface area contributed by atoms with Gasteiger partial charge in [-0.15, -0.1) is 27.1 Å². The largest absolute Gasteiger partial charge is 0.367 e. The number of thioether (sulfide) groups is 1. The summed E-state index contributed by atoms with van der Waals surface area (Å²) in [6.45, 7) is 0. The van der Waals surface area contributed by atoms with Crippen LogP contribution in [0.2, 0.25) is 0 Å². The first-order valence-electron chi connectivity index (χ1n) is 6.31. The first kappa shape index (κ1) is 13.5. The van der Waals surface area contributed by atoms with Crippen LogP contribution < -0.4 is 5.73 Å². The second-order valence-electron chi connectivity index (χ2n) is 4.92. The molecule has 1 unspecified atom stereocenters. The number of alkyl halides is 2. The Morgan fingerprint density at radius 1 is 1.40 bits per heavy atom. The fourth-order valence-corrected chi connectivity index (χ4v) is 3.08. The molecule has 2 aromatic rings. The van der Waals surface area contributed by atoms with Crippen LogP contribution >= 0.6 is 11.8 Å². The standard InChI is InChI=1S/C11H14F2N6S/c1-20-9-8-17-16-7(19(8)18-10(14)15-9)6-3-2-4-11(12,13)5-6/h6H,2-5H2,1H3,(H2,14,18). The molecule has 0 bridgehead atoms. The summed E-state index contributed by atoms with van der Waals surface area (Å²) in [4.78, 5) is 4.07. The number of fused-ring (bicyclic) bond motifs is 1. The lowest BCUT2D eigenvalue weighted by Crippen LogP contribution is -2.26. The highest BCUT2D eigenvalue weighted by molar-refractivity contribution is 7.98. The zero-order valence-corrected chi connectivity index (χ0v) is 11.7. The van der Waals surface area contributed by atoms with Gasteiger partial charge in [0.2, 0.25) is 17.5 Å². The van der Waals surface area contributed by atoms with Gasteiger partial charge in [-0.1, -0.05) is 0 Å². The van der Waals surface area contributed by atoms with Crippen LogP contribution in [0.25, 0.3) is 5.65 Å². The van der Waals surface area contributed by atoms with Crippen LogP contribution in [0, 0.1) is 0 Å². The molecule has 1 aliphatic rings. The van der Waals surface area contributed by atoms with Crippen LogP contribution in [-0.4, -0.2) is 37.0 Å². The Balaban J connectivity index is 2.06. The van der Waals surface area contributed by atoms with Crippen molar-refractivity contribution in [3.63, 3.8) is 0 Å². The third-order valence-corrected chi connectivity index (χ3v) is 4.13. The summed E-state index contributed by atoms with van der Waals surface area (Å²) < 4.78 is 28.6. The molecular weight excluding hydrogens is 286 g/mol. The molecule has 1 atom stereocenters. The molecule has 0 amide bonds. The van der Waals surface area contributed by atoms with E-state index in [1.54, 1.807) is 0 Å². The number of aromatic nitrogens is 5. The van der Waals surface area contributed by atoms with Gasteiger partial charge in [0.25, 0.3) is 0 Å². The highest BCUT2D eigenvalue weighted by Crippen LogP contribution is 2.41. The average Bonchev–Trinajstić information content (AvgIpc) is 2.80. The second-order valence-corrected chi connectivity index (χ2v) is 5.72. The predicted molar refractivity (Wildman–Crippen MR) is 70.9 cm³/mol. The molecule has 0 radical (unpaired) electrons. The van der Waals surface area contributed by atoms with Crippen molar-refractivity contribution < 1.29 is 8.78 Å². The highest BCUT2D eigenvalue weighted by atomic mass is 32.2. The normalized spacial score (nSPS) is 22.2. The zero-order chi connectivity index (χ0) is 14.3. The van der Waals surface area contributed by atoms with Gasteiger partial charge in [-0.05, 0) is 19.1 Å². The van der Waals surface area contributed by atoms with Crippen molar-refractivity contribution >= 4 is 23.4 Å². The van der Waals surface area contributed by atoms with Gasteiger partial charge in [-0.25, -0.2) is 13.8 Å². The predicted octanol–water partition coefficient (Wildman–Crippen LogP) is 2.12. The quantitative estimate of drug-likeness (QED) is 0.855. The van der Waals surface area contributed by atoms with Crippen molar-refractivity contribution in [2.24, 2.45) is 0 Å². The lowest BCUT2D eigenvalue weighted by atomic mass is 9.86. The van der Waals surface area contributed by atoms with Crippen LogP contribution in [-0.2, 0) is 0 Å². The van der Waals surface area contributed by atoms with E-state index in [1.165, 1.54) is 16.3 Å². The summed E-state index contributed by atoms with van der Waals surface area (Å²) in [5.74, 6) is -2.46. The van der Waals surface area contributed by atoms with Gasteiger partial charge in [-0.3, -0.25) is 0 Å². The number of nitrogen functional groups attached to an aromatic ring is 1. The topological polar surface area (TPSA) is 82.0 Å². The van der Waals surface area contributed by atoms with Crippen molar-refractivity contribution in [1.82, 2.24) is 24.8 Å². The Labute approximate surface area is 118 Å². The maximum atomic E-state index is 13.6. The molecule has 0 spiro atoms. The lowest BCUT2D eigenvalue weighted by molar-refractivity contribution is -0.0419. The molecule has 0 aromatic carbocycles. The Bertz CT molecular complexity index is 643. The number of halogens is 2. The van der Waals surface area contributed by atoms with E-state index >= 15 is 0 Å². The van der Waals surface area contributed by atoms with E-state index < -0.39 is 5.92 Å². The van der Waals surface area contributed by atoms with Crippen LogP contribution in [0.3, 0.4) is 0 Å². The fraction of sp³-hybridized carbons (Fsp3) is 0.636. The molecule has 108 valence electrons. The minimum Gasteiger partial charge on any atom is -0.367 e. The monoisotopic (exact) mass is 300 g/mol. The molecule has 2 aromatic heterocycles. The van der Waals surface area contributed by atoms with E-state index in [1.807, 2.05) is 6.26 Å². The van der Waals surface area contributed by atoms with E-state index in [2.05, 4.69) is 20.3 Å². The van der Waals surface area contributed by atoms with Crippen molar-refractivity contribution in [1.29, 1.82) is 0 Å². The van der Waals surface area contributed by atoms with Gasteiger partial charge in [0.15, 0.2) is 5.82 Å². The lowest BCUT2D eigenvalue weighted by Gasteiger charge is -2.27. The molecule has 1 fully saturated rings. The summed E-state index contributed by atoms with van der Waals surface area (Å²) in [6.07, 6.45) is 2.70. The van der Waals surface area contributed by atoms with Gasteiger partial charge < -0.3 is 5.73 Å². The highest BCUT2D eigenvalue weighted by Gasteiger charge is 2.39. The molecule has 1 saturated carbocycles. The molecule has 6 nitrogen and oxygen atoms in total. The van der Waals surface area contributed by atoms with Gasteiger partial charge in [0.1, 0.15) is 5.03 Å². The maximum Gasteiger partial charge on any atom is 0.248 e. The molecule has 3 rings (SSSR count). The Morgan fingerprint density at radius 2 is 2.20 bits per heavy atom. The van der Waals surface area contributed by atoms with Gasteiger partial charge in [0, 0.05) is 18.8 Å². The third-order valence-electron chi connectivity index (χ3n) is 3.47. The molecule has 2 N–H and O–H groups in total. The van der Waals surface area contributed by atoms with E-state index in [0.29, 0.717) is 29.3 Å². The van der Waals surface area contributed by atoms with Crippen molar-refractivity contribution in [3.8, 4) is 0 Å². The number of nitrogens with zero attached hydrogens (tertiary/aromatic N) is 5. The summed E-state index contributed by atoms with van der Waals surface area (Å²) in [5, 5.41) is 12.7. The fourth-order valence-electron chi connectivity index (χ4n) is 2.59. The third kappa shape index (κ3) is 2.30. The Morgan fingerprint density at radius 3 is 2.90 bits per heavy atom. The van der Waals surface area contributed by atoms with E-state index in [4.69, 9.17) is 5.73 Å². The van der Waals surface area contributed by atoms with Crippen molar-refractivity contribution in [2.75, 3.05) is 12.0 Å². The Kier molecular flexibility index (Phi) is 3.23. The summed E-state index contributed by atoms with van der Waals surface area (Å²) in [5.41, 5.74) is 6.12. The van der Waals surface area contributed by atoms with Crippen LogP contribution in [0.15, 0.2) is 5.03 Å². The SMILES string of the molecule is CSc1nc(N)nn2c(C3CCCC(F)(F)C3)nnc12. The molecule has 0 saturated heterocycles. The molecular formula is C11H14F2N6S.